The predicted molar refractivity (Wildman–Crippen MR) is 107 cm³/mol. The largest absolute Gasteiger partial charge is 0.458 e. The van der Waals surface area contributed by atoms with E-state index in [4.69, 9.17) is 4.74 Å². The fourth-order valence-corrected chi connectivity index (χ4v) is 4.77. The van der Waals surface area contributed by atoms with Gasteiger partial charge in [0.25, 0.3) is 5.56 Å². The Kier molecular flexibility index (Phi) is 4.04. The van der Waals surface area contributed by atoms with Crippen molar-refractivity contribution in [3.05, 3.63) is 62.2 Å². The molecule has 0 fully saturated rings. The van der Waals surface area contributed by atoms with Gasteiger partial charge in [-0.3, -0.25) is 4.79 Å². The van der Waals surface area contributed by atoms with E-state index in [-0.39, 0.29) is 29.1 Å². The molecule has 0 aliphatic carbocycles. The topological polar surface area (TPSA) is 81.4 Å². The first kappa shape index (κ1) is 18.3. The van der Waals surface area contributed by atoms with Crippen molar-refractivity contribution in [2.24, 2.45) is 0 Å². The van der Waals surface area contributed by atoms with E-state index >= 15 is 0 Å². The molecule has 1 N–H and O–H groups in total. The van der Waals surface area contributed by atoms with Gasteiger partial charge in [-0.15, -0.1) is 0 Å². The molecular formula is C21H17FN2O4S. The molecule has 0 radical (unpaired) electrons. The van der Waals surface area contributed by atoms with Crippen LogP contribution < -0.4 is 5.56 Å². The molecule has 2 aromatic heterocycles. The van der Waals surface area contributed by atoms with Gasteiger partial charge < -0.3 is 14.4 Å². The van der Waals surface area contributed by atoms with Crippen LogP contribution in [0.25, 0.3) is 22.3 Å². The SMILES string of the molecule is CSCc1c2c(nc3cc(F)c(C)cc13)-c1cc3c(c(=O)n1C2)COC(=O)C3O. The fourth-order valence-electron chi connectivity index (χ4n) is 4.15. The van der Waals surface area contributed by atoms with Crippen LogP contribution in [0, 0.1) is 12.7 Å². The summed E-state index contributed by atoms with van der Waals surface area (Å²) < 4.78 is 20.7. The molecule has 6 nitrogen and oxygen atoms in total. The summed E-state index contributed by atoms with van der Waals surface area (Å²) in [5.74, 6) is -0.412. The Morgan fingerprint density at radius 2 is 2.10 bits per heavy atom. The summed E-state index contributed by atoms with van der Waals surface area (Å²) in [6.45, 7) is 1.91. The molecule has 8 heteroatoms. The zero-order valence-corrected chi connectivity index (χ0v) is 16.6. The molecule has 3 aromatic rings. The summed E-state index contributed by atoms with van der Waals surface area (Å²) in [6, 6.07) is 4.86. The van der Waals surface area contributed by atoms with Gasteiger partial charge in [-0.2, -0.15) is 11.8 Å². The van der Waals surface area contributed by atoms with Crippen molar-refractivity contribution in [2.45, 2.75) is 31.9 Å². The van der Waals surface area contributed by atoms with Gasteiger partial charge in [0.15, 0.2) is 6.10 Å². The van der Waals surface area contributed by atoms with Crippen molar-refractivity contribution in [3.63, 3.8) is 0 Å². The van der Waals surface area contributed by atoms with E-state index in [1.54, 1.807) is 35.4 Å². The van der Waals surface area contributed by atoms with E-state index in [9.17, 15) is 19.1 Å². The van der Waals surface area contributed by atoms with Crippen molar-refractivity contribution in [1.82, 2.24) is 9.55 Å². The van der Waals surface area contributed by atoms with Crippen LogP contribution in [0.2, 0.25) is 0 Å². The van der Waals surface area contributed by atoms with E-state index < -0.39 is 12.1 Å². The van der Waals surface area contributed by atoms with E-state index in [1.807, 2.05) is 6.26 Å². The Bertz CT molecular complexity index is 1280. The van der Waals surface area contributed by atoms with Gasteiger partial charge in [-0.05, 0) is 36.4 Å². The lowest BCUT2D eigenvalue weighted by atomic mass is 9.98. The van der Waals surface area contributed by atoms with Crippen molar-refractivity contribution in [3.8, 4) is 11.4 Å². The van der Waals surface area contributed by atoms with Gasteiger partial charge >= 0.3 is 5.97 Å². The number of rotatable bonds is 2. The highest BCUT2D eigenvalue weighted by molar-refractivity contribution is 7.97. The molecule has 148 valence electrons. The van der Waals surface area contributed by atoms with Crippen LogP contribution in [0.1, 0.15) is 33.9 Å². The molecule has 29 heavy (non-hydrogen) atoms. The second-order valence-electron chi connectivity index (χ2n) is 7.33. The number of nitrogens with zero attached hydrogens (tertiary/aromatic N) is 2. The van der Waals surface area contributed by atoms with Crippen LogP contribution in [-0.2, 0) is 28.4 Å². The zero-order valence-electron chi connectivity index (χ0n) is 15.8. The molecule has 0 saturated carbocycles. The first-order chi connectivity index (χ1) is 13.9. The van der Waals surface area contributed by atoms with Crippen LogP contribution in [0.3, 0.4) is 0 Å². The summed E-state index contributed by atoms with van der Waals surface area (Å²) >= 11 is 1.64. The van der Waals surface area contributed by atoms with E-state index in [0.717, 1.165) is 16.5 Å². The Morgan fingerprint density at radius 1 is 1.31 bits per heavy atom. The first-order valence-electron chi connectivity index (χ1n) is 9.13. The van der Waals surface area contributed by atoms with Gasteiger partial charge in [-0.25, -0.2) is 14.2 Å². The number of hydrogen-bond donors (Lipinski definition) is 1. The Hall–Kier alpha value is -2.71. The number of aromatic nitrogens is 2. The summed E-state index contributed by atoms with van der Waals surface area (Å²) in [5, 5.41) is 11.1. The van der Waals surface area contributed by atoms with Crippen molar-refractivity contribution < 1.29 is 19.0 Å². The number of carbonyl (C=O) groups is 1. The van der Waals surface area contributed by atoms with E-state index in [1.165, 1.54) is 6.07 Å². The average molecular weight is 412 g/mol. The third-order valence-corrected chi connectivity index (χ3v) is 6.22. The third-order valence-electron chi connectivity index (χ3n) is 5.64. The monoisotopic (exact) mass is 412 g/mol. The highest BCUT2D eigenvalue weighted by atomic mass is 32.2. The van der Waals surface area contributed by atoms with Gasteiger partial charge in [0.1, 0.15) is 12.4 Å². The maximum Gasteiger partial charge on any atom is 0.340 e. The lowest BCUT2D eigenvalue weighted by molar-refractivity contribution is -0.157. The highest BCUT2D eigenvalue weighted by Gasteiger charge is 2.34. The molecule has 1 unspecified atom stereocenters. The van der Waals surface area contributed by atoms with Crippen molar-refractivity contribution in [1.29, 1.82) is 0 Å². The van der Waals surface area contributed by atoms with Crippen LogP contribution in [0.4, 0.5) is 4.39 Å². The second-order valence-corrected chi connectivity index (χ2v) is 8.20. The summed E-state index contributed by atoms with van der Waals surface area (Å²) in [7, 11) is 0. The number of aliphatic hydroxyl groups is 1. The minimum Gasteiger partial charge on any atom is -0.458 e. The maximum absolute atomic E-state index is 14.2. The number of aryl methyl sites for hydroxylation is 1. The lowest BCUT2D eigenvalue weighted by Crippen LogP contribution is -2.32. The quantitative estimate of drug-likeness (QED) is 0.510. The Labute approximate surface area is 169 Å². The van der Waals surface area contributed by atoms with Crippen LogP contribution in [0.15, 0.2) is 23.0 Å². The average Bonchev–Trinajstić information content (AvgIpc) is 3.05. The minimum absolute atomic E-state index is 0.155. The second kappa shape index (κ2) is 6.40. The number of ether oxygens (including phenoxy) is 1. The first-order valence-corrected chi connectivity index (χ1v) is 10.5. The lowest BCUT2D eigenvalue weighted by Gasteiger charge is -2.21. The van der Waals surface area contributed by atoms with Crippen LogP contribution >= 0.6 is 11.8 Å². The molecule has 2 aliphatic rings. The highest BCUT2D eigenvalue weighted by Crippen LogP contribution is 2.39. The zero-order chi connectivity index (χ0) is 20.4. The number of halogens is 1. The van der Waals surface area contributed by atoms with E-state index in [0.29, 0.717) is 34.8 Å². The number of thioether (sulfide) groups is 1. The number of pyridine rings is 2. The number of hydrogen-bond acceptors (Lipinski definition) is 6. The summed E-state index contributed by atoms with van der Waals surface area (Å²) in [5.41, 5.74) is 4.37. The standard InChI is InChI=1S/C21H17FN2O4S/c1-9-3-10-14(8-29-2)12-6-24-17(18(12)23-16(10)5-15(9)22)4-11-13(20(24)26)7-28-21(27)19(11)25/h3-5,19,25H,6-8H2,1-2H3. The third kappa shape index (κ3) is 2.55. The number of cyclic esters (lactones) is 1. The summed E-state index contributed by atoms with van der Waals surface area (Å²) in [4.78, 5) is 29.5. The number of benzene rings is 1. The smallest absolute Gasteiger partial charge is 0.340 e. The number of esters is 1. The molecule has 0 spiro atoms. The molecule has 5 rings (SSSR count). The molecule has 1 aromatic carbocycles. The Morgan fingerprint density at radius 3 is 2.86 bits per heavy atom. The maximum atomic E-state index is 14.2. The van der Waals surface area contributed by atoms with Gasteiger partial charge in [0.05, 0.1) is 29.0 Å². The Balaban J connectivity index is 1.83. The van der Waals surface area contributed by atoms with Gasteiger partial charge in [-0.1, -0.05) is 0 Å². The summed E-state index contributed by atoms with van der Waals surface area (Å²) in [6.07, 6.45) is 0.494. The minimum atomic E-state index is -1.49. The van der Waals surface area contributed by atoms with E-state index in [2.05, 4.69) is 4.98 Å². The number of carbonyl (C=O) groups excluding carboxylic acids is 1. The molecule has 4 heterocycles. The molecule has 1 atom stereocenters. The normalized spacial score (nSPS) is 17.1. The molecule has 2 aliphatic heterocycles. The molecule has 0 amide bonds. The van der Waals surface area contributed by atoms with Crippen LogP contribution in [0.5, 0.6) is 0 Å². The van der Waals surface area contributed by atoms with Crippen molar-refractivity contribution in [2.75, 3.05) is 6.26 Å². The fraction of sp³-hybridized carbons (Fsp3) is 0.286. The van der Waals surface area contributed by atoms with Gasteiger partial charge in [0, 0.05) is 28.3 Å². The number of fused-ring (bicyclic) bond motifs is 5. The molecule has 0 bridgehead atoms. The molecular weight excluding hydrogens is 395 g/mol. The van der Waals surface area contributed by atoms with Crippen molar-refractivity contribution >= 4 is 28.6 Å². The number of aliphatic hydroxyl groups excluding tert-OH is 1. The van der Waals surface area contributed by atoms with Crippen LogP contribution in [-0.4, -0.2) is 26.9 Å². The predicted octanol–water partition coefficient (Wildman–Crippen LogP) is 2.83. The van der Waals surface area contributed by atoms with Gasteiger partial charge in [0.2, 0.25) is 0 Å². The molecule has 0 saturated heterocycles.